The molecule has 0 unspecified atom stereocenters. The summed E-state index contributed by atoms with van der Waals surface area (Å²) in [5.74, 6) is 0.480. The predicted octanol–water partition coefficient (Wildman–Crippen LogP) is 6.88. The molecule has 2 aliphatic carbocycles. The lowest BCUT2D eigenvalue weighted by molar-refractivity contribution is -0.122. The monoisotopic (exact) mass is 781 g/mol. The molecular weight excluding hydrogens is 729 g/mol. The Hall–Kier alpha value is -4.13. The highest BCUT2D eigenvalue weighted by molar-refractivity contribution is 5.92. The number of H-pyrrole nitrogens is 1. The van der Waals surface area contributed by atoms with E-state index in [4.69, 9.17) is 10.5 Å². The Morgan fingerprint density at radius 3 is 2.39 bits per heavy atom. The van der Waals surface area contributed by atoms with Gasteiger partial charge in [0.1, 0.15) is 11.9 Å². The number of ether oxygens (including phenoxy) is 1. The molecule has 1 aromatic heterocycles. The standard InChI is InChI=1S/C41H51N5O6.2ClH/c42-29-12-16-31(17-13-29)52-41(51)45-35-23-26(11-18-32(35)28-6-2-1-3-7-28)5-4-8-38(49)44-30-14-9-27(10-15-30)24-43-25-37(48)33-19-21-36(47)40-34(33)20-22-39(50)46-40;;/h1-3,6-7,11,18-23,27,29-31,37,43,47-48H,4-5,8-10,12-17,24-25,42H2,(H,44,49)(H,45,51)(H,46,50);2*1H/t27?,29?,30?,31?,37-;;/m0../s1. The number of nitrogens with two attached hydrogens (primary N) is 1. The zero-order valence-corrected chi connectivity index (χ0v) is 32.1. The summed E-state index contributed by atoms with van der Waals surface area (Å²) < 4.78 is 5.74. The number of fused-ring (bicyclic) bond motifs is 1. The first-order chi connectivity index (χ1) is 25.2. The number of aromatic nitrogens is 1. The van der Waals surface area contributed by atoms with Gasteiger partial charge in [0.15, 0.2) is 0 Å². The van der Waals surface area contributed by atoms with Crippen LogP contribution in [-0.4, -0.2) is 58.5 Å². The maximum absolute atomic E-state index is 12.9. The molecule has 0 aliphatic heterocycles. The summed E-state index contributed by atoms with van der Waals surface area (Å²) in [4.78, 5) is 40.1. The fourth-order valence-corrected chi connectivity index (χ4v) is 7.56. The van der Waals surface area contributed by atoms with Crippen molar-refractivity contribution in [1.82, 2.24) is 15.6 Å². The summed E-state index contributed by atoms with van der Waals surface area (Å²) in [7, 11) is 0. The zero-order chi connectivity index (χ0) is 36.5. The summed E-state index contributed by atoms with van der Waals surface area (Å²) in [6.45, 7) is 1.11. The topological polar surface area (TPSA) is 179 Å². The zero-order valence-electron chi connectivity index (χ0n) is 30.4. The van der Waals surface area contributed by atoms with Crippen molar-refractivity contribution in [3.8, 4) is 16.9 Å². The molecule has 2 amide bonds. The normalized spacial score (nSPS) is 20.2. The van der Waals surface area contributed by atoms with Gasteiger partial charge in [-0.1, -0.05) is 48.5 Å². The highest BCUT2D eigenvalue weighted by Crippen LogP contribution is 2.31. The predicted molar refractivity (Wildman–Crippen MR) is 218 cm³/mol. The van der Waals surface area contributed by atoms with E-state index in [-0.39, 0.29) is 60.2 Å². The van der Waals surface area contributed by atoms with Crippen LogP contribution in [0, 0.1) is 5.92 Å². The van der Waals surface area contributed by atoms with Crippen LogP contribution >= 0.6 is 24.8 Å². The number of phenols is 1. The second kappa shape index (κ2) is 20.5. The smallest absolute Gasteiger partial charge is 0.411 e. The molecule has 0 spiro atoms. The van der Waals surface area contributed by atoms with Gasteiger partial charge >= 0.3 is 6.09 Å². The molecule has 292 valence electrons. The van der Waals surface area contributed by atoms with Crippen molar-refractivity contribution in [2.75, 3.05) is 18.4 Å². The van der Waals surface area contributed by atoms with Crippen molar-refractivity contribution in [1.29, 1.82) is 0 Å². The Balaban J connectivity index is 0.00000325. The number of aryl methyl sites for hydroxylation is 1. The van der Waals surface area contributed by atoms with Gasteiger partial charge < -0.3 is 36.3 Å². The number of aromatic hydroxyl groups is 1. The van der Waals surface area contributed by atoms with Crippen LogP contribution < -0.4 is 27.2 Å². The van der Waals surface area contributed by atoms with Crippen molar-refractivity contribution >= 4 is 53.4 Å². The third-order valence-electron chi connectivity index (χ3n) is 10.5. The second-order valence-corrected chi connectivity index (χ2v) is 14.4. The molecule has 11 nitrogen and oxygen atoms in total. The average Bonchev–Trinajstić information content (AvgIpc) is 3.14. The Labute approximate surface area is 328 Å². The number of aliphatic hydroxyl groups excluding tert-OH is 1. The lowest BCUT2D eigenvalue weighted by Gasteiger charge is -2.29. The maximum Gasteiger partial charge on any atom is 0.411 e. The molecule has 2 saturated carbocycles. The molecule has 0 radical (unpaired) electrons. The van der Waals surface area contributed by atoms with Gasteiger partial charge in [-0.2, -0.15) is 0 Å². The Kier molecular flexibility index (Phi) is 16.2. The number of pyridine rings is 1. The van der Waals surface area contributed by atoms with Crippen molar-refractivity contribution < 1.29 is 24.5 Å². The number of halogens is 2. The van der Waals surface area contributed by atoms with Gasteiger partial charge in [-0.15, -0.1) is 24.8 Å². The van der Waals surface area contributed by atoms with Crippen molar-refractivity contribution in [2.24, 2.45) is 11.7 Å². The first-order valence-corrected chi connectivity index (χ1v) is 18.7. The van der Waals surface area contributed by atoms with E-state index >= 15 is 0 Å². The molecule has 54 heavy (non-hydrogen) atoms. The minimum Gasteiger partial charge on any atom is -0.506 e. The Morgan fingerprint density at radius 1 is 0.907 bits per heavy atom. The van der Waals surface area contributed by atoms with Crippen LogP contribution in [0.3, 0.4) is 0 Å². The first kappa shape index (κ1) is 42.6. The Bertz CT molecular complexity index is 1880. The quantitative estimate of drug-likeness (QED) is 0.0767. The van der Waals surface area contributed by atoms with E-state index in [1.165, 1.54) is 12.1 Å². The van der Waals surface area contributed by atoms with Crippen molar-refractivity contribution in [3.63, 3.8) is 0 Å². The SMILES string of the molecule is Cl.Cl.NC1CCC(OC(=O)Nc2cc(CCCC(=O)NC3CCC(CNC[C@H](O)c4ccc(O)c5[nH]c(=O)ccc45)CC3)ccc2-c2ccccc2)CC1. The van der Waals surface area contributed by atoms with E-state index in [1.54, 1.807) is 12.1 Å². The largest absolute Gasteiger partial charge is 0.506 e. The van der Waals surface area contributed by atoms with Crippen molar-refractivity contribution in [3.05, 3.63) is 94.3 Å². The number of anilines is 1. The Morgan fingerprint density at radius 2 is 1.65 bits per heavy atom. The number of carbonyl (C=O) groups is 2. The molecular formula is C41H53Cl2N5O6. The second-order valence-electron chi connectivity index (χ2n) is 14.4. The number of benzene rings is 3. The van der Waals surface area contributed by atoms with E-state index < -0.39 is 12.2 Å². The van der Waals surface area contributed by atoms with Gasteiger partial charge in [0.25, 0.3) is 0 Å². The number of phenolic OH excluding ortho intramolecular Hbond substituents is 1. The third-order valence-corrected chi connectivity index (χ3v) is 10.5. The van der Waals surface area contributed by atoms with E-state index in [1.807, 2.05) is 42.5 Å². The van der Waals surface area contributed by atoms with Crippen LogP contribution in [0.2, 0.25) is 0 Å². The van der Waals surface area contributed by atoms with Gasteiger partial charge in [-0.25, -0.2) is 4.79 Å². The molecule has 13 heteroatoms. The molecule has 0 bridgehead atoms. The number of carbonyl (C=O) groups excluding carboxylic acids is 2. The number of aliphatic hydroxyl groups is 1. The average molecular weight is 783 g/mol. The lowest BCUT2D eigenvalue weighted by atomic mass is 9.86. The number of hydrogen-bond donors (Lipinski definition) is 7. The molecule has 2 fully saturated rings. The molecule has 6 rings (SSSR count). The van der Waals surface area contributed by atoms with Gasteiger partial charge in [0.05, 0.1) is 17.3 Å². The van der Waals surface area contributed by atoms with Crippen LogP contribution in [0.1, 0.15) is 81.4 Å². The van der Waals surface area contributed by atoms with Crippen LogP contribution in [-0.2, 0) is 16.0 Å². The number of rotatable bonds is 13. The molecule has 3 aromatic carbocycles. The van der Waals surface area contributed by atoms with Crippen LogP contribution in [0.4, 0.5) is 10.5 Å². The minimum absolute atomic E-state index is 0. The molecule has 0 saturated heterocycles. The number of amides is 2. The van der Waals surface area contributed by atoms with Gasteiger partial charge in [-0.3, -0.25) is 14.9 Å². The lowest BCUT2D eigenvalue weighted by Crippen LogP contribution is -2.39. The summed E-state index contributed by atoms with van der Waals surface area (Å²) in [6.07, 6.45) is 7.50. The van der Waals surface area contributed by atoms with E-state index in [2.05, 4.69) is 27.0 Å². The number of aromatic amines is 1. The summed E-state index contributed by atoms with van der Waals surface area (Å²) in [5.41, 5.74) is 10.3. The summed E-state index contributed by atoms with van der Waals surface area (Å²) >= 11 is 0. The fourth-order valence-electron chi connectivity index (χ4n) is 7.56. The van der Waals surface area contributed by atoms with Crippen molar-refractivity contribution in [2.45, 2.75) is 94.9 Å². The highest BCUT2D eigenvalue weighted by Gasteiger charge is 2.24. The number of hydrogen-bond acceptors (Lipinski definition) is 8. The first-order valence-electron chi connectivity index (χ1n) is 18.7. The molecule has 8 N–H and O–H groups in total. The van der Waals surface area contributed by atoms with Gasteiger partial charge in [0, 0.05) is 42.1 Å². The van der Waals surface area contributed by atoms with Gasteiger partial charge in [-0.05, 0) is 112 Å². The van der Waals surface area contributed by atoms with Crippen LogP contribution in [0.15, 0.2) is 77.6 Å². The van der Waals surface area contributed by atoms with Gasteiger partial charge in [0.2, 0.25) is 11.5 Å². The molecule has 4 aromatic rings. The highest BCUT2D eigenvalue weighted by atomic mass is 35.5. The molecule has 2 aliphatic rings. The number of nitrogens with one attached hydrogen (secondary N) is 4. The summed E-state index contributed by atoms with van der Waals surface area (Å²) in [6, 6.07) is 22.5. The third kappa shape index (κ3) is 11.7. The van der Waals surface area contributed by atoms with E-state index in [0.29, 0.717) is 53.9 Å². The van der Waals surface area contributed by atoms with Crippen LogP contribution in [0.5, 0.6) is 5.75 Å². The fraction of sp³-hybridized carbons (Fsp3) is 0.439. The summed E-state index contributed by atoms with van der Waals surface area (Å²) in [5, 5.41) is 31.2. The van der Waals surface area contributed by atoms with Crippen LogP contribution in [0.25, 0.3) is 22.0 Å². The van der Waals surface area contributed by atoms with E-state index in [9.17, 15) is 24.6 Å². The molecule has 1 heterocycles. The maximum atomic E-state index is 12.9. The van der Waals surface area contributed by atoms with E-state index in [0.717, 1.165) is 74.6 Å². The minimum atomic E-state index is -0.794. The molecule has 1 atom stereocenters.